The Hall–Kier alpha value is -0.610. The monoisotopic (exact) mass is 229 g/mol. The molecule has 0 aromatic heterocycles. The van der Waals surface area contributed by atoms with Crippen LogP contribution in [0.15, 0.2) is 0 Å². The van der Waals surface area contributed by atoms with E-state index in [2.05, 4.69) is 6.92 Å². The van der Waals surface area contributed by atoms with Gasteiger partial charge in [-0.05, 0) is 13.3 Å². The predicted molar refractivity (Wildman–Crippen MR) is 62.1 cm³/mol. The molecule has 94 valence electrons. The van der Waals surface area contributed by atoms with Crippen molar-refractivity contribution in [2.45, 2.75) is 45.8 Å². The first kappa shape index (κ1) is 13.5. The minimum atomic E-state index is -0.221. The number of nitrogens with zero attached hydrogens (tertiary/aromatic N) is 1. The molecule has 1 saturated heterocycles. The molecule has 1 amide bonds. The van der Waals surface area contributed by atoms with Crippen molar-refractivity contribution in [2.24, 2.45) is 5.92 Å². The van der Waals surface area contributed by atoms with E-state index in [0.717, 1.165) is 12.8 Å². The second-order valence-corrected chi connectivity index (χ2v) is 4.68. The fraction of sp³-hybridized carbons (Fsp3) is 0.917. The van der Waals surface area contributed by atoms with E-state index in [1.54, 1.807) is 0 Å². The smallest absolute Gasteiger partial charge is 0.225 e. The second kappa shape index (κ2) is 6.21. The average molecular weight is 229 g/mol. The number of morpholine rings is 1. The van der Waals surface area contributed by atoms with Crippen molar-refractivity contribution < 1.29 is 14.6 Å². The van der Waals surface area contributed by atoms with E-state index < -0.39 is 0 Å². The number of aliphatic hydroxyl groups excluding tert-OH is 1. The minimum absolute atomic E-state index is 0.0173. The summed E-state index contributed by atoms with van der Waals surface area (Å²) in [5, 5.41) is 9.09. The van der Waals surface area contributed by atoms with Gasteiger partial charge in [-0.2, -0.15) is 0 Å². The van der Waals surface area contributed by atoms with E-state index in [9.17, 15) is 4.79 Å². The van der Waals surface area contributed by atoms with Crippen molar-refractivity contribution in [1.82, 2.24) is 4.90 Å². The molecule has 16 heavy (non-hydrogen) atoms. The van der Waals surface area contributed by atoms with Gasteiger partial charge in [-0.15, -0.1) is 0 Å². The number of rotatable bonds is 4. The Morgan fingerprint density at radius 1 is 1.56 bits per heavy atom. The highest BCUT2D eigenvalue weighted by molar-refractivity contribution is 5.78. The van der Waals surface area contributed by atoms with Crippen molar-refractivity contribution in [3.05, 3.63) is 0 Å². The molecule has 4 nitrogen and oxygen atoms in total. The van der Waals surface area contributed by atoms with Crippen LogP contribution in [0.1, 0.15) is 33.6 Å². The van der Waals surface area contributed by atoms with Crippen LogP contribution in [0.25, 0.3) is 0 Å². The Labute approximate surface area is 97.6 Å². The molecule has 1 rings (SSSR count). The largest absolute Gasteiger partial charge is 0.394 e. The molecule has 0 bridgehead atoms. The minimum Gasteiger partial charge on any atom is -0.394 e. The number of aliphatic hydroxyl groups is 1. The van der Waals surface area contributed by atoms with Gasteiger partial charge in [-0.3, -0.25) is 4.79 Å². The highest BCUT2D eigenvalue weighted by Gasteiger charge is 2.29. The molecule has 1 aliphatic rings. The highest BCUT2D eigenvalue weighted by Crippen LogP contribution is 2.16. The number of ether oxygens (including phenoxy) is 1. The third-order valence-corrected chi connectivity index (χ3v) is 2.98. The summed E-state index contributed by atoms with van der Waals surface area (Å²) in [4.78, 5) is 13.9. The van der Waals surface area contributed by atoms with Crippen molar-refractivity contribution >= 4 is 5.91 Å². The van der Waals surface area contributed by atoms with Crippen LogP contribution < -0.4 is 0 Å². The van der Waals surface area contributed by atoms with Crippen LogP contribution in [0, 0.1) is 5.92 Å². The van der Waals surface area contributed by atoms with Crippen LogP contribution in [0.4, 0.5) is 0 Å². The Balaban J connectivity index is 2.54. The second-order valence-electron chi connectivity index (χ2n) is 4.68. The maximum absolute atomic E-state index is 12.1. The van der Waals surface area contributed by atoms with Crippen LogP contribution in [0.3, 0.4) is 0 Å². The first-order valence-corrected chi connectivity index (χ1v) is 6.13. The van der Waals surface area contributed by atoms with Crippen LogP contribution >= 0.6 is 0 Å². The standard InChI is InChI=1S/C12H23NO3/c1-4-5-9(2)12(15)13-6-10(3)16-11(7-13)8-14/h9-11,14H,4-8H2,1-3H3. The van der Waals surface area contributed by atoms with E-state index in [4.69, 9.17) is 9.84 Å². The Kier molecular flexibility index (Phi) is 5.22. The van der Waals surface area contributed by atoms with E-state index in [-0.39, 0.29) is 30.6 Å². The molecule has 3 atom stereocenters. The molecule has 0 radical (unpaired) electrons. The predicted octanol–water partition coefficient (Wildman–Crippen LogP) is 1.03. The maximum atomic E-state index is 12.1. The van der Waals surface area contributed by atoms with Gasteiger partial charge >= 0.3 is 0 Å². The fourth-order valence-corrected chi connectivity index (χ4v) is 2.19. The SMILES string of the molecule is CCCC(C)C(=O)N1CC(C)OC(CO)C1. The molecule has 0 spiro atoms. The number of carbonyl (C=O) groups is 1. The van der Waals surface area contributed by atoms with E-state index in [0.29, 0.717) is 13.1 Å². The van der Waals surface area contributed by atoms with Crippen LogP contribution in [-0.4, -0.2) is 47.8 Å². The summed E-state index contributed by atoms with van der Waals surface area (Å²) in [5.74, 6) is 0.269. The molecular weight excluding hydrogens is 206 g/mol. The molecule has 1 fully saturated rings. The Morgan fingerprint density at radius 2 is 2.25 bits per heavy atom. The quantitative estimate of drug-likeness (QED) is 0.783. The average Bonchev–Trinajstić information content (AvgIpc) is 2.27. The molecule has 1 N–H and O–H groups in total. The lowest BCUT2D eigenvalue weighted by Crippen LogP contribution is -2.51. The summed E-state index contributed by atoms with van der Waals surface area (Å²) < 4.78 is 5.51. The number of hydrogen-bond donors (Lipinski definition) is 1. The number of hydrogen-bond acceptors (Lipinski definition) is 3. The topological polar surface area (TPSA) is 49.8 Å². The lowest BCUT2D eigenvalue weighted by molar-refractivity contribution is -0.150. The summed E-state index contributed by atoms with van der Waals surface area (Å²) in [7, 11) is 0. The third-order valence-electron chi connectivity index (χ3n) is 2.98. The van der Waals surface area contributed by atoms with Gasteiger partial charge in [0, 0.05) is 19.0 Å². The first-order valence-electron chi connectivity index (χ1n) is 6.13. The molecule has 1 heterocycles. The molecule has 0 aromatic rings. The normalized spacial score (nSPS) is 27.9. The maximum Gasteiger partial charge on any atom is 0.225 e. The molecular formula is C12H23NO3. The molecule has 0 saturated carbocycles. The first-order chi connectivity index (χ1) is 7.58. The van der Waals surface area contributed by atoms with Crippen molar-refractivity contribution in [2.75, 3.05) is 19.7 Å². The van der Waals surface area contributed by atoms with Gasteiger partial charge in [0.15, 0.2) is 0 Å². The van der Waals surface area contributed by atoms with Gasteiger partial charge in [0.2, 0.25) is 5.91 Å². The van der Waals surface area contributed by atoms with Gasteiger partial charge in [0.25, 0.3) is 0 Å². The fourth-order valence-electron chi connectivity index (χ4n) is 2.19. The lowest BCUT2D eigenvalue weighted by atomic mass is 10.0. The third kappa shape index (κ3) is 3.46. The van der Waals surface area contributed by atoms with Gasteiger partial charge in [0.1, 0.15) is 0 Å². The Morgan fingerprint density at radius 3 is 2.81 bits per heavy atom. The van der Waals surface area contributed by atoms with Crippen molar-refractivity contribution in [3.63, 3.8) is 0 Å². The van der Waals surface area contributed by atoms with Crippen molar-refractivity contribution in [1.29, 1.82) is 0 Å². The van der Waals surface area contributed by atoms with Crippen molar-refractivity contribution in [3.8, 4) is 0 Å². The van der Waals surface area contributed by atoms with Crippen LogP contribution in [0.5, 0.6) is 0 Å². The summed E-state index contributed by atoms with van der Waals surface area (Å²) in [6, 6.07) is 0. The molecule has 4 heteroatoms. The van der Waals surface area contributed by atoms with Crippen LogP contribution in [0.2, 0.25) is 0 Å². The zero-order chi connectivity index (χ0) is 12.1. The molecule has 0 aromatic carbocycles. The van der Waals surface area contributed by atoms with E-state index in [1.165, 1.54) is 0 Å². The van der Waals surface area contributed by atoms with E-state index >= 15 is 0 Å². The number of carbonyl (C=O) groups excluding carboxylic acids is 1. The summed E-state index contributed by atoms with van der Waals surface area (Å²) in [6.45, 7) is 7.14. The zero-order valence-electron chi connectivity index (χ0n) is 10.5. The van der Waals surface area contributed by atoms with Gasteiger partial charge in [-0.25, -0.2) is 0 Å². The van der Waals surface area contributed by atoms with E-state index in [1.807, 2.05) is 18.7 Å². The highest BCUT2D eigenvalue weighted by atomic mass is 16.5. The molecule has 0 aliphatic carbocycles. The van der Waals surface area contributed by atoms with Gasteiger partial charge in [0.05, 0.1) is 18.8 Å². The Bertz CT molecular complexity index is 232. The van der Waals surface area contributed by atoms with Gasteiger partial charge in [-0.1, -0.05) is 20.3 Å². The molecule has 1 aliphatic heterocycles. The number of amides is 1. The molecule has 3 unspecified atom stereocenters. The summed E-state index contributed by atoms with van der Waals surface area (Å²) in [5.41, 5.74) is 0. The van der Waals surface area contributed by atoms with Crippen LogP contribution in [-0.2, 0) is 9.53 Å². The van der Waals surface area contributed by atoms with Gasteiger partial charge < -0.3 is 14.7 Å². The lowest BCUT2D eigenvalue weighted by Gasteiger charge is -2.37. The summed E-state index contributed by atoms with van der Waals surface area (Å²) in [6.07, 6.45) is 1.75. The summed E-state index contributed by atoms with van der Waals surface area (Å²) >= 11 is 0. The zero-order valence-corrected chi connectivity index (χ0v) is 10.5.